The van der Waals surface area contributed by atoms with Gasteiger partial charge in [-0.2, -0.15) is 4.98 Å². The summed E-state index contributed by atoms with van der Waals surface area (Å²) in [5.74, 6) is -0.963. The van der Waals surface area contributed by atoms with Gasteiger partial charge in [0.05, 0.1) is 17.6 Å². The number of para-hydroxylation sites is 2. The molecule has 0 spiro atoms. The number of nitrogens with one attached hydrogen (secondary N) is 1. The van der Waals surface area contributed by atoms with E-state index in [-0.39, 0.29) is 70.5 Å². The number of benzene rings is 3. The maximum absolute atomic E-state index is 13.8. The molecule has 0 fully saturated rings. The molecule has 0 unspecified atom stereocenters. The Morgan fingerprint density at radius 1 is 0.865 bits per heavy atom. The van der Waals surface area contributed by atoms with Crippen LogP contribution in [-0.4, -0.2) is 59.7 Å². The van der Waals surface area contributed by atoms with Crippen LogP contribution in [0.5, 0.6) is 23.1 Å². The Morgan fingerprint density at radius 3 is 2.17 bits per heavy atom. The van der Waals surface area contributed by atoms with Crippen LogP contribution in [0.1, 0.15) is 42.3 Å². The monoisotopic (exact) mass is 730 g/mol. The third-order valence-electron chi connectivity index (χ3n) is 7.22. The smallest absolute Gasteiger partial charge is 0.338 e. The van der Waals surface area contributed by atoms with Crippen molar-refractivity contribution >= 4 is 21.8 Å². The van der Waals surface area contributed by atoms with Gasteiger partial charge in [-0.25, -0.2) is 28.2 Å². The van der Waals surface area contributed by atoms with E-state index in [1.165, 1.54) is 55.9 Å². The van der Waals surface area contributed by atoms with Gasteiger partial charge in [-0.05, 0) is 59.0 Å². The Morgan fingerprint density at radius 2 is 1.54 bits per heavy atom. The van der Waals surface area contributed by atoms with Crippen LogP contribution >= 0.6 is 0 Å². The van der Waals surface area contributed by atoms with Crippen molar-refractivity contribution in [3.63, 3.8) is 0 Å². The number of sulfonamides is 1. The quantitative estimate of drug-likeness (QED) is 0.0587. The summed E-state index contributed by atoms with van der Waals surface area (Å²) < 4.78 is 53.0. The third kappa shape index (κ3) is 9.45. The minimum Gasteiger partial charge on any atom is -0.493 e. The van der Waals surface area contributed by atoms with Crippen molar-refractivity contribution in [1.82, 2.24) is 19.9 Å². The Hall–Kier alpha value is -6.36. The van der Waals surface area contributed by atoms with Crippen molar-refractivity contribution in [3.05, 3.63) is 118 Å². The molecule has 52 heavy (non-hydrogen) atoms. The van der Waals surface area contributed by atoms with Crippen LogP contribution in [0.3, 0.4) is 0 Å². The van der Waals surface area contributed by atoms with Crippen LogP contribution in [0.2, 0.25) is 0 Å². The summed E-state index contributed by atoms with van der Waals surface area (Å²) in [5.41, 5.74) is 1.40. The zero-order valence-corrected chi connectivity index (χ0v) is 29.3. The number of methoxy groups -OCH3 is 1. The van der Waals surface area contributed by atoms with Crippen molar-refractivity contribution < 1.29 is 42.1 Å². The zero-order valence-electron chi connectivity index (χ0n) is 28.5. The van der Waals surface area contributed by atoms with Crippen molar-refractivity contribution in [1.29, 1.82) is 0 Å². The molecule has 0 saturated heterocycles. The summed E-state index contributed by atoms with van der Waals surface area (Å²) in [7, 11) is -2.81. The molecule has 0 aliphatic heterocycles. The van der Waals surface area contributed by atoms with E-state index in [0.29, 0.717) is 11.3 Å². The number of carbonyl (C=O) groups excluding carboxylic acids is 1. The van der Waals surface area contributed by atoms with Gasteiger partial charge >= 0.3 is 5.97 Å². The van der Waals surface area contributed by atoms with Crippen LogP contribution in [-0.2, 0) is 31.6 Å². The normalized spacial score (nSPS) is 11.3. The molecular weight excluding hydrogens is 696 g/mol. The minimum absolute atomic E-state index is 0.0346. The zero-order chi connectivity index (χ0) is 37.3. The SMILES string of the molecule is COc1ccccc1Oc1c(NS(=O)(=O)c2ccc(C(C)(C)C)cc2)nc(-c2ncccn2)nc1OCCOC(=O)c1ccc(CO[N+](=O)[O-])cc1. The maximum Gasteiger partial charge on any atom is 0.338 e. The number of hydrogen-bond acceptors (Lipinski definition) is 14. The largest absolute Gasteiger partial charge is 0.493 e. The van der Waals surface area contributed by atoms with Crippen molar-refractivity contribution in [2.75, 3.05) is 25.0 Å². The summed E-state index contributed by atoms with van der Waals surface area (Å²) in [5, 5.41) is 9.53. The molecule has 0 atom stereocenters. The molecular formula is C35H34N6O10S. The molecule has 0 saturated carbocycles. The second-order valence-corrected chi connectivity index (χ2v) is 13.6. The molecule has 5 aromatic rings. The lowest BCUT2D eigenvalue weighted by atomic mass is 9.87. The maximum atomic E-state index is 13.8. The Bertz CT molecular complexity index is 2130. The van der Waals surface area contributed by atoms with Crippen LogP contribution in [0.25, 0.3) is 11.6 Å². The fourth-order valence-electron chi connectivity index (χ4n) is 4.56. The summed E-state index contributed by atoms with van der Waals surface area (Å²) >= 11 is 0. The van der Waals surface area contributed by atoms with E-state index in [9.17, 15) is 23.3 Å². The summed E-state index contributed by atoms with van der Waals surface area (Å²) in [4.78, 5) is 44.7. The van der Waals surface area contributed by atoms with Gasteiger partial charge in [0.15, 0.2) is 23.1 Å². The molecule has 0 radical (unpaired) electrons. The molecule has 0 amide bonds. The van der Waals surface area contributed by atoms with Crippen molar-refractivity contribution in [2.24, 2.45) is 0 Å². The molecule has 0 aliphatic rings. The summed E-state index contributed by atoms with van der Waals surface area (Å²) in [6.07, 6.45) is 2.93. The van der Waals surface area contributed by atoms with E-state index in [0.717, 1.165) is 5.56 Å². The minimum atomic E-state index is -4.26. The summed E-state index contributed by atoms with van der Waals surface area (Å²) in [6.45, 7) is 5.26. The fraction of sp³-hybridized carbons (Fsp3) is 0.229. The first-order valence-electron chi connectivity index (χ1n) is 15.6. The van der Waals surface area contributed by atoms with E-state index in [2.05, 4.69) is 29.5 Å². The van der Waals surface area contributed by atoms with E-state index < -0.39 is 21.1 Å². The predicted octanol–water partition coefficient (Wildman–Crippen LogP) is 5.78. The molecule has 3 aromatic carbocycles. The third-order valence-corrected chi connectivity index (χ3v) is 8.58. The number of aromatic nitrogens is 4. The first kappa shape index (κ1) is 36.9. The fourth-order valence-corrected chi connectivity index (χ4v) is 5.56. The molecule has 5 rings (SSSR count). The first-order valence-corrected chi connectivity index (χ1v) is 17.1. The van der Waals surface area contributed by atoms with Gasteiger partial charge in [0.25, 0.3) is 21.0 Å². The van der Waals surface area contributed by atoms with E-state index in [4.69, 9.17) is 18.9 Å². The number of carbonyl (C=O) groups is 1. The average molecular weight is 731 g/mol. The Labute approximate surface area is 298 Å². The average Bonchev–Trinajstić information content (AvgIpc) is 3.13. The van der Waals surface area contributed by atoms with Crippen molar-refractivity contribution in [3.8, 4) is 34.8 Å². The van der Waals surface area contributed by atoms with Gasteiger partial charge in [0, 0.05) is 12.4 Å². The number of nitrogens with zero attached hydrogens (tertiary/aromatic N) is 5. The van der Waals surface area contributed by atoms with Gasteiger partial charge in [-0.3, -0.25) is 4.72 Å². The van der Waals surface area contributed by atoms with Gasteiger partial charge < -0.3 is 23.8 Å². The lowest BCUT2D eigenvalue weighted by molar-refractivity contribution is -0.763. The molecule has 270 valence electrons. The van der Waals surface area contributed by atoms with Crippen molar-refractivity contribution in [2.45, 2.75) is 37.7 Å². The van der Waals surface area contributed by atoms with Crippen LogP contribution < -0.4 is 18.9 Å². The predicted molar refractivity (Wildman–Crippen MR) is 186 cm³/mol. The second-order valence-electron chi connectivity index (χ2n) is 11.9. The highest BCUT2D eigenvalue weighted by Gasteiger charge is 2.26. The highest BCUT2D eigenvalue weighted by atomic mass is 32.2. The van der Waals surface area contributed by atoms with Crippen LogP contribution in [0, 0.1) is 10.1 Å². The Kier molecular flexibility index (Phi) is 11.4. The van der Waals surface area contributed by atoms with E-state index >= 15 is 0 Å². The number of esters is 1. The first-order chi connectivity index (χ1) is 24.8. The molecule has 16 nitrogen and oxygen atoms in total. The highest BCUT2D eigenvalue weighted by Crippen LogP contribution is 2.41. The lowest BCUT2D eigenvalue weighted by Gasteiger charge is -2.20. The summed E-state index contributed by atoms with van der Waals surface area (Å²) in [6, 6.07) is 20.6. The topological polar surface area (TPSA) is 204 Å². The molecule has 0 bridgehead atoms. The molecule has 17 heteroatoms. The molecule has 2 aromatic heterocycles. The Balaban J connectivity index is 1.46. The van der Waals surface area contributed by atoms with E-state index in [1.54, 1.807) is 42.5 Å². The lowest BCUT2D eigenvalue weighted by Crippen LogP contribution is -2.18. The highest BCUT2D eigenvalue weighted by molar-refractivity contribution is 7.92. The van der Waals surface area contributed by atoms with Gasteiger partial charge in [-0.1, -0.05) is 57.2 Å². The number of ether oxygens (including phenoxy) is 4. The second kappa shape index (κ2) is 16.1. The molecule has 1 N–H and O–H groups in total. The number of hydrogen-bond donors (Lipinski definition) is 1. The molecule has 0 aliphatic carbocycles. The van der Waals surface area contributed by atoms with E-state index in [1.807, 2.05) is 20.8 Å². The number of rotatable bonds is 15. The number of anilines is 1. The standard InChI is InChI=1S/C35H34N6O10S/c1-35(2,3)25-14-16-26(17-15-25)52(45,46)40-30-29(51-28-9-6-5-8-27(28)47-4)33(39-32(38-30)31-36-18-7-19-37-31)48-20-21-49-34(42)24-12-10-23(11-13-24)22-50-41(43)44/h5-19H,20-22H2,1-4H3,(H,38,39,40). The molecule has 2 heterocycles. The van der Waals surface area contributed by atoms with Crippen LogP contribution in [0.4, 0.5) is 5.82 Å². The van der Waals surface area contributed by atoms with Gasteiger partial charge in [0.1, 0.15) is 19.8 Å². The van der Waals surface area contributed by atoms with Gasteiger partial charge in [0.2, 0.25) is 11.6 Å². The van der Waals surface area contributed by atoms with Gasteiger partial charge in [-0.15, -0.1) is 10.1 Å². The van der Waals surface area contributed by atoms with Crippen LogP contribution in [0.15, 0.2) is 96.2 Å².